The molecule has 1 atom stereocenters. The third-order valence-corrected chi connectivity index (χ3v) is 5.99. The van der Waals surface area contributed by atoms with Gasteiger partial charge in [0.25, 0.3) is 0 Å². The zero-order chi connectivity index (χ0) is 22.6. The highest BCUT2D eigenvalue weighted by molar-refractivity contribution is 5.95. The highest BCUT2D eigenvalue weighted by Gasteiger charge is 2.30. The molecule has 1 aliphatic rings. The molecule has 0 aromatic carbocycles. The molecule has 0 saturated heterocycles. The number of hydrogen-bond donors (Lipinski definition) is 1. The summed E-state index contributed by atoms with van der Waals surface area (Å²) in [4.78, 5) is 11.6. The summed E-state index contributed by atoms with van der Waals surface area (Å²) in [6.45, 7) is 4.43. The molecule has 0 radical (unpaired) electrons. The van der Waals surface area contributed by atoms with Crippen molar-refractivity contribution in [1.82, 2.24) is 0 Å². The van der Waals surface area contributed by atoms with E-state index in [0.717, 1.165) is 49.9 Å². The number of aliphatic hydroxyl groups is 1. The van der Waals surface area contributed by atoms with Gasteiger partial charge in [-0.15, -0.1) is 0 Å². The number of aliphatic hydroxyl groups excluding tert-OH is 1. The standard InChI is InChI=1S/C28H48O3/c1-3-5-7-9-10-11-12-13-14-15-16-17-18-19-20-22-25(29)24-27-26(28(30)31-27)23-21-8-6-4-2/h10-11,13-14,25,29H,3-9,12,15-24H2,1-2H3/b11-10-,14-13-/t25-/m0/s1. The summed E-state index contributed by atoms with van der Waals surface area (Å²) in [7, 11) is 0. The number of ether oxygens (including phenoxy) is 1. The molecule has 3 nitrogen and oxygen atoms in total. The molecule has 0 unspecified atom stereocenters. The first kappa shape index (κ1) is 27.7. The lowest BCUT2D eigenvalue weighted by atomic mass is 9.97. The van der Waals surface area contributed by atoms with Crippen molar-refractivity contribution in [2.75, 3.05) is 0 Å². The topological polar surface area (TPSA) is 46.5 Å². The fourth-order valence-electron chi connectivity index (χ4n) is 3.94. The van der Waals surface area contributed by atoms with Crippen molar-refractivity contribution in [3.8, 4) is 0 Å². The molecular weight excluding hydrogens is 384 g/mol. The highest BCUT2D eigenvalue weighted by atomic mass is 16.6. The smallest absolute Gasteiger partial charge is 0.342 e. The van der Waals surface area contributed by atoms with Gasteiger partial charge in [-0.2, -0.15) is 0 Å². The van der Waals surface area contributed by atoms with Gasteiger partial charge in [-0.05, 0) is 51.4 Å². The van der Waals surface area contributed by atoms with Gasteiger partial charge >= 0.3 is 5.97 Å². The number of rotatable bonds is 21. The minimum Gasteiger partial charge on any atom is -0.427 e. The van der Waals surface area contributed by atoms with E-state index in [4.69, 9.17) is 4.74 Å². The third-order valence-electron chi connectivity index (χ3n) is 5.99. The number of allylic oxidation sites excluding steroid dienone is 4. The molecule has 0 bridgehead atoms. The van der Waals surface area contributed by atoms with Gasteiger partial charge < -0.3 is 9.84 Å². The molecule has 0 amide bonds. The first-order valence-corrected chi connectivity index (χ1v) is 13.1. The minimum absolute atomic E-state index is 0.171. The normalized spacial score (nSPS) is 15.1. The van der Waals surface area contributed by atoms with E-state index >= 15 is 0 Å². The Morgan fingerprint density at radius 3 is 2.03 bits per heavy atom. The van der Waals surface area contributed by atoms with Crippen molar-refractivity contribution in [3.63, 3.8) is 0 Å². The van der Waals surface area contributed by atoms with Crippen LogP contribution < -0.4 is 0 Å². The number of cyclic esters (lactones) is 1. The lowest BCUT2D eigenvalue weighted by Crippen LogP contribution is -2.25. The summed E-state index contributed by atoms with van der Waals surface area (Å²) in [5, 5.41) is 10.3. The Morgan fingerprint density at radius 2 is 1.35 bits per heavy atom. The average Bonchev–Trinajstić information content (AvgIpc) is 2.76. The van der Waals surface area contributed by atoms with E-state index in [0.29, 0.717) is 6.42 Å². The van der Waals surface area contributed by atoms with Gasteiger partial charge in [0, 0.05) is 6.42 Å². The highest BCUT2D eigenvalue weighted by Crippen LogP contribution is 2.30. The van der Waals surface area contributed by atoms with Gasteiger partial charge in [0.05, 0.1) is 11.7 Å². The van der Waals surface area contributed by atoms with Crippen LogP contribution >= 0.6 is 0 Å². The summed E-state index contributed by atoms with van der Waals surface area (Å²) < 4.78 is 5.18. The van der Waals surface area contributed by atoms with E-state index in [1.165, 1.54) is 70.6 Å². The molecule has 1 rings (SSSR count). The Balaban J connectivity index is 1.97. The largest absolute Gasteiger partial charge is 0.427 e. The van der Waals surface area contributed by atoms with E-state index < -0.39 is 0 Å². The molecule has 1 heterocycles. The first-order chi connectivity index (χ1) is 15.2. The van der Waals surface area contributed by atoms with Crippen molar-refractivity contribution >= 4 is 5.97 Å². The second kappa shape index (κ2) is 19.3. The molecule has 0 spiro atoms. The number of carbonyl (C=O) groups is 1. The van der Waals surface area contributed by atoms with E-state index in [2.05, 4.69) is 38.2 Å². The lowest BCUT2D eigenvalue weighted by molar-refractivity contribution is -0.141. The summed E-state index contributed by atoms with van der Waals surface area (Å²) >= 11 is 0. The van der Waals surface area contributed by atoms with Crippen LogP contribution in [0.1, 0.15) is 129 Å². The van der Waals surface area contributed by atoms with Gasteiger partial charge in [-0.25, -0.2) is 4.79 Å². The Kier molecular flexibility index (Phi) is 17.3. The molecule has 0 aromatic heterocycles. The molecule has 3 heteroatoms. The van der Waals surface area contributed by atoms with Crippen LogP contribution in [-0.2, 0) is 9.53 Å². The predicted molar refractivity (Wildman–Crippen MR) is 132 cm³/mol. The first-order valence-electron chi connectivity index (χ1n) is 13.1. The van der Waals surface area contributed by atoms with Crippen LogP contribution in [0, 0.1) is 0 Å². The SMILES string of the molecule is CCCCC/C=C\C/C=C\CCCCCCC[C@H](O)CC1=C(CCCCCC)C(=O)O1. The number of hydrogen-bond acceptors (Lipinski definition) is 3. The van der Waals surface area contributed by atoms with Crippen molar-refractivity contribution in [1.29, 1.82) is 0 Å². The van der Waals surface area contributed by atoms with E-state index in [9.17, 15) is 9.90 Å². The van der Waals surface area contributed by atoms with E-state index in [1.54, 1.807) is 0 Å². The molecule has 31 heavy (non-hydrogen) atoms. The molecule has 0 saturated carbocycles. The van der Waals surface area contributed by atoms with Crippen LogP contribution in [0.25, 0.3) is 0 Å². The molecule has 0 fully saturated rings. The monoisotopic (exact) mass is 432 g/mol. The Bertz CT molecular complexity index is 544. The molecule has 178 valence electrons. The number of esters is 1. The van der Waals surface area contributed by atoms with Crippen molar-refractivity contribution in [2.45, 2.75) is 136 Å². The van der Waals surface area contributed by atoms with Crippen LogP contribution in [0.15, 0.2) is 35.6 Å². The Labute approximate surface area is 192 Å². The summed E-state index contributed by atoms with van der Waals surface area (Å²) in [6, 6.07) is 0. The average molecular weight is 433 g/mol. The molecule has 1 N–H and O–H groups in total. The maximum atomic E-state index is 11.6. The molecule has 0 aliphatic carbocycles. The number of unbranched alkanes of at least 4 members (excludes halogenated alkanes) is 11. The van der Waals surface area contributed by atoms with Crippen LogP contribution in [0.4, 0.5) is 0 Å². The van der Waals surface area contributed by atoms with Gasteiger partial charge in [0.15, 0.2) is 0 Å². The van der Waals surface area contributed by atoms with Crippen molar-refractivity contribution < 1.29 is 14.6 Å². The lowest BCUT2D eigenvalue weighted by Gasteiger charge is -2.24. The van der Waals surface area contributed by atoms with Crippen LogP contribution in [0.2, 0.25) is 0 Å². The van der Waals surface area contributed by atoms with Crippen LogP contribution in [0.5, 0.6) is 0 Å². The van der Waals surface area contributed by atoms with Gasteiger partial charge in [-0.1, -0.05) is 95.9 Å². The van der Waals surface area contributed by atoms with Crippen LogP contribution in [-0.4, -0.2) is 17.2 Å². The fourth-order valence-corrected chi connectivity index (χ4v) is 3.94. The second-order valence-corrected chi connectivity index (χ2v) is 8.98. The van der Waals surface area contributed by atoms with Gasteiger partial charge in [-0.3, -0.25) is 0 Å². The predicted octanol–water partition coefficient (Wildman–Crippen LogP) is 8.33. The summed E-state index contributed by atoms with van der Waals surface area (Å²) in [5.41, 5.74) is 0.829. The fraction of sp³-hybridized carbons (Fsp3) is 0.750. The zero-order valence-corrected chi connectivity index (χ0v) is 20.4. The van der Waals surface area contributed by atoms with Gasteiger partial charge in [0.1, 0.15) is 5.76 Å². The molecule has 1 aliphatic heterocycles. The third kappa shape index (κ3) is 14.4. The summed E-state index contributed by atoms with van der Waals surface area (Å²) in [5.74, 6) is 0.576. The van der Waals surface area contributed by atoms with Crippen molar-refractivity contribution in [3.05, 3.63) is 35.6 Å². The second-order valence-electron chi connectivity index (χ2n) is 8.98. The van der Waals surface area contributed by atoms with Gasteiger partial charge in [0.2, 0.25) is 0 Å². The van der Waals surface area contributed by atoms with E-state index in [1.807, 2.05) is 0 Å². The Morgan fingerprint density at radius 1 is 0.774 bits per heavy atom. The van der Waals surface area contributed by atoms with Crippen LogP contribution in [0.3, 0.4) is 0 Å². The van der Waals surface area contributed by atoms with Crippen molar-refractivity contribution in [2.24, 2.45) is 0 Å². The number of carbonyl (C=O) groups excluding carboxylic acids is 1. The molecule has 0 aromatic rings. The zero-order valence-electron chi connectivity index (χ0n) is 20.4. The Hall–Kier alpha value is -1.35. The maximum absolute atomic E-state index is 11.6. The minimum atomic E-state index is -0.383. The maximum Gasteiger partial charge on any atom is 0.342 e. The summed E-state index contributed by atoms with van der Waals surface area (Å²) in [6.07, 6.45) is 28.9. The molecular formula is C28H48O3. The quantitative estimate of drug-likeness (QED) is 0.113. The van der Waals surface area contributed by atoms with E-state index in [-0.39, 0.29) is 12.1 Å².